The first-order valence-corrected chi connectivity index (χ1v) is 19.4. The van der Waals surface area contributed by atoms with E-state index in [0.717, 1.165) is 95.9 Å². The van der Waals surface area contributed by atoms with Gasteiger partial charge in [-0.3, -0.25) is 9.59 Å². The SMILES string of the molecule is CC[C@H]1C=CCC[C@@]2(C[C@@H]3CC[C@H]4[C@@H](C(=O)OCCCCCCCCCCCCCCCC(=O)O)[C@@]5(CCC[C@@H](C)O5)N=C(N2)N34)O1. The highest BCUT2D eigenvalue weighted by Gasteiger charge is 2.62. The first-order chi connectivity index (χ1) is 22.8. The maximum absolute atomic E-state index is 13.9. The molecule has 0 aromatic heterocycles. The predicted molar refractivity (Wildman–Crippen MR) is 184 cm³/mol. The molecule has 5 rings (SSSR count). The lowest BCUT2D eigenvalue weighted by molar-refractivity contribution is -0.194. The maximum atomic E-state index is 13.9. The molecule has 0 bridgehead atoms. The zero-order valence-electron chi connectivity index (χ0n) is 29.4. The second kappa shape index (κ2) is 17.5. The minimum atomic E-state index is -0.876. The van der Waals surface area contributed by atoms with Gasteiger partial charge in [-0.1, -0.05) is 89.7 Å². The number of guanidine groups is 1. The first-order valence-electron chi connectivity index (χ1n) is 19.4. The normalized spacial score (nSPS) is 32.9. The average molecular weight is 658 g/mol. The van der Waals surface area contributed by atoms with Crippen molar-refractivity contribution in [3.05, 3.63) is 12.2 Å². The van der Waals surface area contributed by atoms with Crippen LogP contribution in [0, 0.1) is 5.92 Å². The van der Waals surface area contributed by atoms with E-state index in [1.807, 2.05) is 0 Å². The Balaban J connectivity index is 1.06. The zero-order valence-corrected chi connectivity index (χ0v) is 29.4. The van der Waals surface area contributed by atoms with E-state index in [9.17, 15) is 9.59 Å². The largest absolute Gasteiger partial charge is 0.481 e. The molecular weight excluding hydrogens is 594 g/mol. The minimum Gasteiger partial charge on any atom is -0.481 e. The molecule has 3 fully saturated rings. The van der Waals surface area contributed by atoms with Gasteiger partial charge in [-0.2, -0.15) is 0 Å². The number of aliphatic carboxylic acids is 1. The van der Waals surface area contributed by atoms with Gasteiger partial charge in [0, 0.05) is 18.9 Å². The summed E-state index contributed by atoms with van der Waals surface area (Å²) in [5, 5.41) is 12.5. The van der Waals surface area contributed by atoms with Crippen LogP contribution in [0.1, 0.15) is 162 Å². The van der Waals surface area contributed by atoms with Gasteiger partial charge in [0.1, 0.15) is 11.6 Å². The van der Waals surface area contributed by atoms with Crippen LogP contribution < -0.4 is 5.32 Å². The summed E-state index contributed by atoms with van der Waals surface area (Å²) in [6.45, 7) is 4.76. The smallest absolute Gasteiger partial charge is 0.316 e. The van der Waals surface area contributed by atoms with Gasteiger partial charge in [0.15, 0.2) is 11.7 Å². The summed E-state index contributed by atoms with van der Waals surface area (Å²) in [4.78, 5) is 32.3. The van der Waals surface area contributed by atoms with Crippen LogP contribution in [-0.2, 0) is 23.8 Å². The molecule has 0 aromatic carbocycles. The molecule has 0 aliphatic carbocycles. The van der Waals surface area contributed by atoms with Crippen molar-refractivity contribution in [1.29, 1.82) is 0 Å². The highest BCUT2D eigenvalue weighted by atomic mass is 16.6. The molecule has 266 valence electrons. The molecule has 7 atom stereocenters. The molecule has 2 spiro atoms. The topological polar surface area (TPSA) is 110 Å². The first kappa shape index (κ1) is 36.2. The number of hydrogen-bond donors (Lipinski definition) is 2. The number of aliphatic imine (C=N–C) groups is 1. The quantitative estimate of drug-likeness (QED) is 0.0867. The third-order valence-corrected chi connectivity index (χ3v) is 11.3. The van der Waals surface area contributed by atoms with Crippen molar-refractivity contribution in [1.82, 2.24) is 10.2 Å². The molecule has 0 aromatic rings. The van der Waals surface area contributed by atoms with Gasteiger partial charge in [0.25, 0.3) is 0 Å². The van der Waals surface area contributed by atoms with Crippen LogP contribution in [0.4, 0.5) is 0 Å². The number of unbranched alkanes of at least 4 members (excludes halogenated alkanes) is 12. The Morgan fingerprint density at radius 1 is 0.957 bits per heavy atom. The second-order valence-electron chi connectivity index (χ2n) is 15.0. The maximum Gasteiger partial charge on any atom is 0.316 e. The molecule has 0 unspecified atom stereocenters. The third kappa shape index (κ3) is 9.52. The fourth-order valence-corrected chi connectivity index (χ4v) is 8.87. The Labute approximate surface area is 283 Å². The number of carboxylic acid groups (broad SMARTS) is 1. The molecule has 47 heavy (non-hydrogen) atoms. The average Bonchev–Trinajstić information content (AvgIpc) is 3.34. The second-order valence-corrected chi connectivity index (χ2v) is 15.0. The molecule has 0 amide bonds. The van der Waals surface area contributed by atoms with Gasteiger partial charge in [0.2, 0.25) is 0 Å². The van der Waals surface area contributed by atoms with Gasteiger partial charge >= 0.3 is 11.9 Å². The number of rotatable bonds is 18. The summed E-state index contributed by atoms with van der Waals surface area (Å²) in [6, 6.07) is 0.345. The van der Waals surface area contributed by atoms with Crippen LogP contribution in [-0.4, -0.2) is 70.3 Å². The van der Waals surface area contributed by atoms with Crippen molar-refractivity contribution in [3.63, 3.8) is 0 Å². The van der Waals surface area contributed by atoms with E-state index < -0.39 is 23.3 Å². The van der Waals surface area contributed by atoms with Crippen molar-refractivity contribution in [3.8, 4) is 0 Å². The van der Waals surface area contributed by atoms with E-state index >= 15 is 0 Å². The van der Waals surface area contributed by atoms with Crippen LogP contribution in [0.5, 0.6) is 0 Å². The summed E-state index contributed by atoms with van der Waals surface area (Å²) in [7, 11) is 0. The monoisotopic (exact) mass is 657 g/mol. The lowest BCUT2D eigenvalue weighted by Crippen LogP contribution is -2.71. The van der Waals surface area contributed by atoms with E-state index in [2.05, 4.69) is 36.2 Å². The zero-order chi connectivity index (χ0) is 33.1. The summed E-state index contributed by atoms with van der Waals surface area (Å²) in [5.74, 6) is -0.345. The van der Waals surface area contributed by atoms with Crippen LogP contribution in [0.2, 0.25) is 0 Å². The van der Waals surface area contributed by atoms with Crippen LogP contribution in [0.3, 0.4) is 0 Å². The Morgan fingerprint density at radius 3 is 2.30 bits per heavy atom. The standard InChI is InChI=1S/C38H63N3O6/c1-3-31-21-16-17-25-37(47-31)28-30-23-24-32-34(38(26-19-20-29(2)46-38)40-36(39-37)41(30)32)35(44)45-27-18-14-12-10-8-6-4-5-7-9-11-13-15-22-33(42)43/h16,21,29-32,34H,3-15,17-20,22-28H2,1-2H3,(H,39,40)(H,42,43)/t29-,30+,31+,32+,34+,37+,38+/m1/s1. The number of carbonyl (C=O) groups is 2. The van der Waals surface area contributed by atoms with Gasteiger partial charge in [-0.25, -0.2) is 4.99 Å². The number of hydrogen-bond acceptors (Lipinski definition) is 8. The van der Waals surface area contributed by atoms with Crippen LogP contribution in [0.15, 0.2) is 17.1 Å². The van der Waals surface area contributed by atoms with E-state index in [-0.39, 0.29) is 24.2 Å². The lowest BCUT2D eigenvalue weighted by Gasteiger charge is -2.55. The molecule has 5 aliphatic rings. The number of carboxylic acids is 1. The van der Waals surface area contributed by atoms with Crippen molar-refractivity contribution < 1.29 is 28.9 Å². The van der Waals surface area contributed by atoms with Gasteiger partial charge in [-0.15, -0.1) is 0 Å². The van der Waals surface area contributed by atoms with Crippen molar-refractivity contribution in [2.45, 2.75) is 197 Å². The summed E-state index contributed by atoms with van der Waals surface area (Å²) in [5.41, 5.74) is -1.31. The highest BCUT2D eigenvalue weighted by Crippen LogP contribution is 2.50. The van der Waals surface area contributed by atoms with Crippen molar-refractivity contribution >= 4 is 17.9 Å². The van der Waals surface area contributed by atoms with E-state index in [1.165, 1.54) is 51.4 Å². The molecule has 0 radical (unpaired) electrons. The van der Waals surface area contributed by atoms with Crippen molar-refractivity contribution in [2.75, 3.05) is 6.61 Å². The van der Waals surface area contributed by atoms with Gasteiger partial charge in [-0.05, 0) is 71.1 Å². The fourth-order valence-electron chi connectivity index (χ4n) is 8.87. The Kier molecular flexibility index (Phi) is 13.5. The third-order valence-electron chi connectivity index (χ3n) is 11.3. The molecule has 0 saturated carbocycles. The molecule has 9 heteroatoms. The van der Waals surface area contributed by atoms with E-state index in [1.54, 1.807) is 0 Å². The summed E-state index contributed by atoms with van der Waals surface area (Å²) >= 11 is 0. The van der Waals surface area contributed by atoms with Crippen LogP contribution in [0.25, 0.3) is 0 Å². The number of nitrogens with one attached hydrogen (secondary N) is 1. The highest BCUT2D eigenvalue weighted by molar-refractivity contribution is 5.87. The molecule has 5 heterocycles. The summed E-state index contributed by atoms with van der Waals surface area (Å²) < 4.78 is 19.5. The van der Waals surface area contributed by atoms with Gasteiger partial charge in [0.05, 0.1) is 24.9 Å². The number of nitrogens with zero attached hydrogens (tertiary/aromatic N) is 2. The van der Waals surface area contributed by atoms with Crippen molar-refractivity contribution in [2.24, 2.45) is 10.9 Å². The van der Waals surface area contributed by atoms with Gasteiger partial charge < -0.3 is 29.5 Å². The van der Waals surface area contributed by atoms with E-state index in [0.29, 0.717) is 19.1 Å². The number of esters is 1. The molecule has 2 N–H and O–H groups in total. The fraction of sp³-hybridized carbons (Fsp3) is 0.868. The molecular formula is C38H63N3O6. The predicted octanol–water partition coefficient (Wildman–Crippen LogP) is 8.01. The summed E-state index contributed by atoms with van der Waals surface area (Å²) in [6.07, 6.45) is 28.5. The number of ether oxygens (including phenoxy) is 3. The number of carbonyl (C=O) groups excluding carboxylic acids is 1. The van der Waals surface area contributed by atoms with E-state index in [4.69, 9.17) is 24.3 Å². The minimum absolute atomic E-state index is 0.0398. The molecule has 5 aliphatic heterocycles. The Morgan fingerprint density at radius 2 is 1.64 bits per heavy atom. The lowest BCUT2D eigenvalue weighted by atomic mass is 9.80. The Hall–Kier alpha value is -2.13. The number of allylic oxidation sites excluding steroid dienone is 1. The molecule has 3 saturated heterocycles. The Bertz CT molecular complexity index is 1080. The molecule has 9 nitrogen and oxygen atoms in total. The van der Waals surface area contributed by atoms with Crippen LogP contribution >= 0.6 is 0 Å².